The van der Waals surface area contributed by atoms with E-state index in [1.165, 1.54) is 11.3 Å². The molecule has 8 nitrogen and oxygen atoms in total. The van der Waals surface area contributed by atoms with Crippen LogP contribution in [-0.4, -0.2) is 55.1 Å². The zero-order chi connectivity index (χ0) is 22.7. The summed E-state index contributed by atoms with van der Waals surface area (Å²) in [6.45, 7) is 6.57. The monoisotopic (exact) mass is 444 g/mol. The quantitative estimate of drug-likeness (QED) is 0.524. The van der Waals surface area contributed by atoms with E-state index in [0.29, 0.717) is 13.2 Å². The molecular weight excluding hydrogens is 416 g/mol. The Hall–Kier alpha value is -3.39. The number of nitrogens with zero attached hydrogens (tertiary/aromatic N) is 5. The summed E-state index contributed by atoms with van der Waals surface area (Å²) < 4.78 is 9.68. The lowest BCUT2D eigenvalue weighted by molar-refractivity contribution is -0.129. The van der Waals surface area contributed by atoms with Gasteiger partial charge in [0.1, 0.15) is 0 Å². The van der Waals surface area contributed by atoms with Crippen LogP contribution in [0.1, 0.15) is 36.3 Å². The summed E-state index contributed by atoms with van der Waals surface area (Å²) in [4.78, 5) is 17.7. The fourth-order valence-corrected chi connectivity index (χ4v) is 5.32. The molecule has 1 fully saturated rings. The molecule has 8 heteroatoms. The van der Waals surface area contributed by atoms with Crippen LogP contribution in [0.25, 0.3) is 33.3 Å². The number of hydrogen-bond donors (Lipinski definition) is 1. The van der Waals surface area contributed by atoms with Gasteiger partial charge in [0.15, 0.2) is 0 Å². The number of benzene rings is 1. The van der Waals surface area contributed by atoms with Crippen LogP contribution in [-0.2, 0) is 29.5 Å². The predicted octanol–water partition coefficient (Wildman–Crippen LogP) is 3.61. The van der Waals surface area contributed by atoms with Gasteiger partial charge in [-0.1, -0.05) is 12.1 Å². The van der Waals surface area contributed by atoms with Gasteiger partial charge in [-0.25, -0.2) is 0 Å². The molecule has 6 rings (SSSR count). The Bertz CT molecular complexity index is 1370. The summed E-state index contributed by atoms with van der Waals surface area (Å²) in [6.07, 6.45) is 5.71. The number of nitrogens with one attached hydrogen (secondary N) is 1. The van der Waals surface area contributed by atoms with Crippen molar-refractivity contribution >= 4 is 16.8 Å². The Morgan fingerprint density at radius 1 is 1.27 bits per heavy atom. The molecule has 0 spiro atoms. The highest BCUT2D eigenvalue weighted by atomic mass is 16.5. The summed E-state index contributed by atoms with van der Waals surface area (Å²) in [5.74, 6) is 0.111. The molecule has 0 radical (unpaired) electrons. The number of carbonyl (C=O) groups excluding carboxylic acids is 1. The summed E-state index contributed by atoms with van der Waals surface area (Å²) in [5, 5.41) is 10.6. The Balaban J connectivity index is 1.50. The van der Waals surface area contributed by atoms with E-state index in [-0.39, 0.29) is 11.9 Å². The van der Waals surface area contributed by atoms with Gasteiger partial charge in [0.05, 0.1) is 24.5 Å². The lowest BCUT2D eigenvalue weighted by Crippen LogP contribution is -2.35. The molecule has 5 heterocycles. The van der Waals surface area contributed by atoms with Crippen LogP contribution in [0.15, 0.2) is 30.6 Å². The smallest absolute Gasteiger partial charge is 0.219 e. The molecule has 4 aromatic rings. The molecule has 3 aromatic heterocycles. The van der Waals surface area contributed by atoms with E-state index in [2.05, 4.69) is 39.9 Å². The third kappa shape index (κ3) is 3.28. The first kappa shape index (κ1) is 20.2. The third-order valence-corrected chi connectivity index (χ3v) is 7.04. The standard InChI is InChI=1S/C25H28N6O2/c1-15-24(20-5-4-17(10-22(20)27-15)18-11-26-29(3)12-18)25-21-13-30(16(2)32)8-6-23(21)31(28-25)19-7-9-33-14-19/h4-5,10-12,19,27H,6-9,13-14H2,1-3H3. The normalized spacial score (nSPS) is 18.3. The van der Waals surface area contributed by atoms with Crippen molar-refractivity contribution < 1.29 is 9.53 Å². The Labute approximate surface area is 192 Å². The number of aromatic nitrogens is 5. The molecule has 1 atom stereocenters. The third-order valence-electron chi connectivity index (χ3n) is 7.04. The van der Waals surface area contributed by atoms with Crippen molar-refractivity contribution in [2.45, 2.75) is 39.3 Å². The average molecular weight is 445 g/mol. The highest BCUT2D eigenvalue weighted by Crippen LogP contribution is 2.39. The minimum atomic E-state index is 0.111. The van der Waals surface area contributed by atoms with Gasteiger partial charge in [0.25, 0.3) is 0 Å². The zero-order valence-electron chi connectivity index (χ0n) is 19.3. The fourth-order valence-electron chi connectivity index (χ4n) is 5.32. The van der Waals surface area contributed by atoms with Gasteiger partial charge in [-0.15, -0.1) is 0 Å². The van der Waals surface area contributed by atoms with E-state index in [4.69, 9.17) is 9.84 Å². The fraction of sp³-hybridized carbons (Fsp3) is 0.400. The SMILES string of the molecule is CC(=O)N1CCc2c(c(-c3c(C)[nH]c4cc(-c5cnn(C)c5)ccc34)nn2C2CCOC2)C1. The van der Waals surface area contributed by atoms with Crippen molar-refractivity contribution in [3.8, 4) is 22.4 Å². The Morgan fingerprint density at radius 3 is 2.88 bits per heavy atom. The van der Waals surface area contributed by atoms with Crippen molar-refractivity contribution in [3.63, 3.8) is 0 Å². The Kier molecular flexibility index (Phi) is 4.65. The van der Waals surface area contributed by atoms with Gasteiger partial charge in [0.2, 0.25) is 5.91 Å². The highest BCUT2D eigenvalue weighted by Gasteiger charge is 2.32. The highest BCUT2D eigenvalue weighted by molar-refractivity contribution is 5.99. The van der Waals surface area contributed by atoms with Crippen molar-refractivity contribution in [3.05, 3.63) is 47.5 Å². The zero-order valence-corrected chi connectivity index (χ0v) is 19.3. The molecule has 0 bridgehead atoms. The number of aryl methyl sites for hydroxylation is 2. The number of ether oxygens (including phenoxy) is 1. The first-order valence-corrected chi connectivity index (χ1v) is 11.5. The van der Waals surface area contributed by atoms with Gasteiger partial charge >= 0.3 is 0 Å². The van der Waals surface area contributed by atoms with E-state index < -0.39 is 0 Å². The second kappa shape index (κ2) is 7.59. The number of hydrogen-bond acceptors (Lipinski definition) is 4. The van der Waals surface area contributed by atoms with Gasteiger partial charge in [-0.05, 0) is 25.0 Å². The van der Waals surface area contributed by atoms with Gasteiger partial charge < -0.3 is 14.6 Å². The summed E-state index contributed by atoms with van der Waals surface area (Å²) in [6, 6.07) is 6.76. The number of amides is 1. The topological polar surface area (TPSA) is 81.0 Å². The van der Waals surface area contributed by atoms with Crippen molar-refractivity contribution in [2.24, 2.45) is 7.05 Å². The van der Waals surface area contributed by atoms with Crippen LogP contribution in [0.5, 0.6) is 0 Å². The lowest BCUT2D eigenvalue weighted by atomic mass is 9.98. The van der Waals surface area contributed by atoms with Crippen LogP contribution in [0.3, 0.4) is 0 Å². The molecule has 0 saturated carbocycles. The second-order valence-corrected chi connectivity index (χ2v) is 9.21. The molecule has 1 unspecified atom stereocenters. The predicted molar refractivity (Wildman–Crippen MR) is 126 cm³/mol. The van der Waals surface area contributed by atoms with Crippen LogP contribution in [0, 0.1) is 6.92 Å². The second-order valence-electron chi connectivity index (χ2n) is 9.21. The molecule has 0 aliphatic carbocycles. The molecule has 2 aliphatic heterocycles. The molecule has 1 amide bonds. The summed E-state index contributed by atoms with van der Waals surface area (Å²) in [7, 11) is 1.93. The number of rotatable bonds is 3. The van der Waals surface area contributed by atoms with Gasteiger partial charge in [-0.3, -0.25) is 14.2 Å². The minimum absolute atomic E-state index is 0.111. The van der Waals surface area contributed by atoms with Crippen LogP contribution < -0.4 is 0 Å². The first-order chi connectivity index (χ1) is 16.0. The van der Waals surface area contributed by atoms with Crippen LogP contribution in [0.2, 0.25) is 0 Å². The van der Waals surface area contributed by atoms with E-state index in [0.717, 1.165) is 65.0 Å². The molecular formula is C25H28N6O2. The lowest BCUT2D eigenvalue weighted by Gasteiger charge is -2.27. The van der Waals surface area contributed by atoms with Gasteiger partial charge in [-0.2, -0.15) is 10.2 Å². The largest absolute Gasteiger partial charge is 0.379 e. The molecule has 33 heavy (non-hydrogen) atoms. The molecule has 170 valence electrons. The van der Waals surface area contributed by atoms with Crippen molar-refractivity contribution in [1.29, 1.82) is 0 Å². The van der Waals surface area contributed by atoms with Crippen molar-refractivity contribution in [2.75, 3.05) is 19.8 Å². The van der Waals surface area contributed by atoms with E-state index in [9.17, 15) is 4.79 Å². The van der Waals surface area contributed by atoms with Crippen molar-refractivity contribution in [1.82, 2.24) is 29.4 Å². The number of carbonyl (C=O) groups is 1. The first-order valence-electron chi connectivity index (χ1n) is 11.5. The maximum absolute atomic E-state index is 12.2. The van der Waals surface area contributed by atoms with E-state index in [1.807, 2.05) is 29.0 Å². The number of aromatic amines is 1. The molecule has 1 saturated heterocycles. The number of H-pyrrole nitrogens is 1. The summed E-state index contributed by atoms with van der Waals surface area (Å²) in [5.41, 5.74) is 8.92. The molecule has 1 N–H and O–H groups in total. The van der Waals surface area contributed by atoms with E-state index >= 15 is 0 Å². The Morgan fingerprint density at radius 2 is 2.15 bits per heavy atom. The average Bonchev–Trinajstić information content (AvgIpc) is 3.58. The summed E-state index contributed by atoms with van der Waals surface area (Å²) >= 11 is 0. The molecule has 1 aromatic carbocycles. The maximum Gasteiger partial charge on any atom is 0.219 e. The van der Waals surface area contributed by atoms with E-state index in [1.54, 1.807) is 6.92 Å². The minimum Gasteiger partial charge on any atom is -0.379 e. The number of fused-ring (bicyclic) bond motifs is 2. The maximum atomic E-state index is 12.2. The van der Waals surface area contributed by atoms with Crippen LogP contribution >= 0.6 is 0 Å². The van der Waals surface area contributed by atoms with Crippen LogP contribution in [0.4, 0.5) is 0 Å². The molecule has 2 aliphatic rings. The van der Waals surface area contributed by atoms with Gasteiger partial charge in [0, 0.05) is 85.3 Å².